The third-order valence-corrected chi connectivity index (χ3v) is 9.67. The average Bonchev–Trinajstić information content (AvgIpc) is 2.88. The Morgan fingerprint density at radius 1 is 0.846 bits per heavy atom. The van der Waals surface area contributed by atoms with Crippen molar-refractivity contribution in [3.05, 3.63) is 94.0 Å². The molecule has 0 fully saturated rings. The highest BCUT2D eigenvalue weighted by Crippen LogP contribution is 2.51. The molecule has 39 heavy (non-hydrogen) atoms. The smallest absolute Gasteiger partial charge is 0.188 e. The van der Waals surface area contributed by atoms with Crippen LogP contribution in [0.3, 0.4) is 0 Å². The van der Waals surface area contributed by atoms with Crippen molar-refractivity contribution in [2.24, 2.45) is 4.99 Å². The lowest BCUT2D eigenvalue weighted by molar-refractivity contribution is 0.0486. The molecule has 0 aliphatic rings. The molecule has 0 N–H and O–H groups in total. The zero-order valence-corrected chi connectivity index (χ0v) is 27.0. The van der Waals surface area contributed by atoms with E-state index in [-0.39, 0.29) is 22.8 Å². The molecule has 0 spiro atoms. The summed E-state index contributed by atoms with van der Waals surface area (Å²) >= 11 is 0. The lowest BCUT2D eigenvalue weighted by Crippen LogP contribution is -2.27. The molecule has 3 rings (SSSR count). The van der Waals surface area contributed by atoms with Gasteiger partial charge in [0.25, 0.3) is 0 Å². The highest BCUT2D eigenvalue weighted by molar-refractivity contribution is 7.49. The van der Waals surface area contributed by atoms with Gasteiger partial charge in [0, 0.05) is 41.6 Å². The van der Waals surface area contributed by atoms with Crippen LogP contribution in [0, 0.1) is 6.92 Å². The van der Waals surface area contributed by atoms with Crippen molar-refractivity contribution in [1.29, 1.82) is 0 Å². The molecular formula is C35H48NO2P. The van der Waals surface area contributed by atoms with Crippen LogP contribution in [0.15, 0.2) is 65.7 Å². The lowest BCUT2D eigenvalue weighted by atomic mass is 9.77. The van der Waals surface area contributed by atoms with Gasteiger partial charge in [-0.1, -0.05) is 125 Å². The Morgan fingerprint density at radius 2 is 1.49 bits per heavy atom. The Bertz CT molecular complexity index is 1300. The molecule has 4 heteroatoms. The maximum Gasteiger partial charge on any atom is 0.188 e. The lowest BCUT2D eigenvalue weighted by Gasteiger charge is -2.37. The molecule has 3 aromatic carbocycles. The molecule has 0 amide bonds. The van der Waals surface area contributed by atoms with Crippen LogP contribution in [0.25, 0.3) is 0 Å². The fourth-order valence-electron chi connectivity index (χ4n) is 4.96. The first-order valence-electron chi connectivity index (χ1n) is 14.0. The second-order valence-electron chi connectivity index (χ2n) is 12.7. The predicted octanol–water partition coefficient (Wildman–Crippen LogP) is 8.67. The van der Waals surface area contributed by atoms with Crippen molar-refractivity contribution in [3.63, 3.8) is 0 Å². The highest BCUT2D eigenvalue weighted by atomic mass is 31.1. The third-order valence-electron chi connectivity index (χ3n) is 7.59. The molecule has 0 saturated heterocycles. The Hall–Kier alpha value is -2.48. The van der Waals surface area contributed by atoms with E-state index in [0.717, 1.165) is 23.4 Å². The number of aliphatic imine (C=N–C) groups is 1. The van der Waals surface area contributed by atoms with Gasteiger partial charge >= 0.3 is 0 Å². The molecule has 0 radical (unpaired) electrons. The maximum absolute atomic E-state index is 6.45. The summed E-state index contributed by atoms with van der Waals surface area (Å²) in [6.45, 7) is 20.9. The number of nitrogens with zero attached hydrogens (tertiary/aromatic N) is 1. The molecular weight excluding hydrogens is 497 g/mol. The molecule has 2 atom stereocenters. The fraction of sp³-hybridized carbons (Fsp3) is 0.457. The van der Waals surface area contributed by atoms with E-state index in [1.54, 1.807) is 7.11 Å². The summed E-state index contributed by atoms with van der Waals surface area (Å²) in [6.07, 6.45) is 0.976. The van der Waals surface area contributed by atoms with Gasteiger partial charge in [0.15, 0.2) is 6.79 Å². The molecule has 0 heterocycles. The van der Waals surface area contributed by atoms with Gasteiger partial charge in [0.05, 0.1) is 5.71 Å². The van der Waals surface area contributed by atoms with E-state index in [9.17, 15) is 0 Å². The van der Waals surface area contributed by atoms with Crippen LogP contribution >= 0.6 is 8.58 Å². The quantitative estimate of drug-likeness (QED) is 0.153. The van der Waals surface area contributed by atoms with Gasteiger partial charge in [-0.25, -0.2) is 0 Å². The van der Waals surface area contributed by atoms with E-state index >= 15 is 0 Å². The topological polar surface area (TPSA) is 30.8 Å². The van der Waals surface area contributed by atoms with E-state index in [2.05, 4.69) is 123 Å². The zero-order chi connectivity index (χ0) is 29.0. The summed E-state index contributed by atoms with van der Waals surface area (Å²) in [6, 6.07) is 21.9. The summed E-state index contributed by atoms with van der Waals surface area (Å²) < 4.78 is 11.9. The summed E-state index contributed by atoms with van der Waals surface area (Å²) in [5.41, 5.74) is 8.45. The standard InChI is InChI=1S/C35H48NO2P/c1-12-35(9,29-22-26(33(3,4)5)21-28(34(6,7)8)31(29)38-23-37-11)39-32-24(2)17-16-20-27(32)30(36-10)25-18-14-13-15-19-25/h13-22,39H,12,23H2,1-11H3. The van der Waals surface area contributed by atoms with Gasteiger partial charge in [-0.2, -0.15) is 0 Å². The van der Waals surface area contributed by atoms with E-state index in [4.69, 9.17) is 14.5 Å². The average molecular weight is 546 g/mol. The summed E-state index contributed by atoms with van der Waals surface area (Å²) in [5.74, 6) is 0.969. The predicted molar refractivity (Wildman–Crippen MR) is 171 cm³/mol. The summed E-state index contributed by atoms with van der Waals surface area (Å²) in [7, 11) is 4.11. The van der Waals surface area contributed by atoms with Crippen LogP contribution < -0.4 is 10.0 Å². The molecule has 210 valence electrons. The highest BCUT2D eigenvalue weighted by Gasteiger charge is 2.35. The third kappa shape index (κ3) is 7.00. The molecule has 0 aromatic heterocycles. The van der Waals surface area contributed by atoms with Crippen LogP contribution in [0.1, 0.15) is 95.2 Å². The van der Waals surface area contributed by atoms with Gasteiger partial charge in [-0.05, 0) is 40.6 Å². The number of ether oxygens (including phenoxy) is 2. The fourth-order valence-corrected chi connectivity index (χ4v) is 6.62. The first kappa shape index (κ1) is 31.1. The first-order valence-corrected chi connectivity index (χ1v) is 15.0. The van der Waals surface area contributed by atoms with Crippen molar-refractivity contribution < 1.29 is 9.47 Å². The van der Waals surface area contributed by atoms with Crippen molar-refractivity contribution in [3.8, 4) is 5.75 Å². The molecule has 0 saturated carbocycles. The van der Waals surface area contributed by atoms with E-state index in [1.165, 1.54) is 33.1 Å². The maximum atomic E-state index is 6.45. The van der Waals surface area contributed by atoms with Gasteiger partial charge in [0.2, 0.25) is 0 Å². The second-order valence-corrected chi connectivity index (χ2v) is 14.6. The van der Waals surface area contributed by atoms with E-state index in [0.29, 0.717) is 8.58 Å². The number of methoxy groups -OCH3 is 1. The van der Waals surface area contributed by atoms with Gasteiger partial charge in [-0.15, -0.1) is 0 Å². The Kier molecular flexibility index (Phi) is 9.84. The SMILES string of the molecule is CCC(C)(Pc1c(C)cccc1C(=NC)c1ccccc1)c1cc(C(C)(C)C)cc(C(C)(C)C)c1OCOC. The molecule has 0 aliphatic carbocycles. The minimum absolute atomic E-state index is 0.00939. The summed E-state index contributed by atoms with van der Waals surface area (Å²) in [4.78, 5) is 4.79. The van der Waals surface area contributed by atoms with Crippen LogP contribution in [-0.4, -0.2) is 26.7 Å². The van der Waals surface area contributed by atoms with E-state index in [1.807, 2.05) is 7.05 Å². The van der Waals surface area contributed by atoms with Gasteiger partial charge in [-0.3, -0.25) is 4.99 Å². The monoisotopic (exact) mass is 545 g/mol. The first-order chi connectivity index (χ1) is 18.3. The summed E-state index contributed by atoms with van der Waals surface area (Å²) in [5, 5.41) is 1.21. The van der Waals surface area contributed by atoms with E-state index < -0.39 is 0 Å². The minimum Gasteiger partial charge on any atom is -0.467 e. The van der Waals surface area contributed by atoms with Crippen LogP contribution in [0.5, 0.6) is 5.75 Å². The van der Waals surface area contributed by atoms with Crippen molar-refractivity contribution in [2.45, 2.75) is 84.7 Å². The molecule has 3 aromatic rings. The van der Waals surface area contributed by atoms with Crippen LogP contribution in [0.4, 0.5) is 0 Å². The minimum atomic E-state index is -0.152. The molecule has 2 unspecified atom stereocenters. The molecule has 0 aliphatic heterocycles. The van der Waals surface area contributed by atoms with Crippen molar-refractivity contribution in [1.82, 2.24) is 0 Å². The Morgan fingerprint density at radius 3 is 2.03 bits per heavy atom. The number of rotatable bonds is 9. The number of benzene rings is 3. The van der Waals surface area contributed by atoms with Crippen LogP contribution in [-0.2, 0) is 20.7 Å². The van der Waals surface area contributed by atoms with Gasteiger partial charge in [0.1, 0.15) is 5.75 Å². The number of aryl methyl sites for hydroxylation is 1. The van der Waals surface area contributed by atoms with Crippen molar-refractivity contribution in [2.75, 3.05) is 21.0 Å². The zero-order valence-electron chi connectivity index (χ0n) is 26.0. The van der Waals surface area contributed by atoms with Crippen LogP contribution in [0.2, 0.25) is 0 Å². The molecule has 3 nitrogen and oxygen atoms in total. The molecule has 0 bridgehead atoms. The Labute approximate surface area is 239 Å². The second kappa shape index (κ2) is 12.4. The van der Waals surface area contributed by atoms with Crippen molar-refractivity contribution >= 4 is 19.6 Å². The Balaban J connectivity index is 2.30. The largest absolute Gasteiger partial charge is 0.467 e. The van der Waals surface area contributed by atoms with Gasteiger partial charge < -0.3 is 9.47 Å². The number of hydrogen-bond donors (Lipinski definition) is 0. The normalized spacial score (nSPS) is 14.6. The number of hydrogen-bond acceptors (Lipinski definition) is 3.